The van der Waals surface area contributed by atoms with E-state index in [-0.39, 0.29) is 0 Å². The van der Waals surface area contributed by atoms with Gasteiger partial charge in [0.1, 0.15) is 5.75 Å². The van der Waals surface area contributed by atoms with Crippen molar-refractivity contribution in [1.82, 2.24) is 14.9 Å². The van der Waals surface area contributed by atoms with Crippen molar-refractivity contribution in [2.75, 3.05) is 6.61 Å². The van der Waals surface area contributed by atoms with Gasteiger partial charge in [-0.05, 0) is 13.0 Å². The van der Waals surface area contributed by atoms with Crippen LogP contribution in [0.1, 0.15) is 30.6 Å². The summed E-state index contributed by atoms with van der Waals surface area (Å²) in [4.78, 5) is 4.20. The van der Waals surface area contributed by atoms with Crippen LogP contribution in [0.4, 0.5) is 0 Å². The minimum absolute atomic E-state index is 0.366. The van der Waals surface area contributed by atoms with Crippen molar-refractivity contribution in [3.63, 3.8) is 0 Å². The van der Waals surface area contributed by atoms with E-state index in [0.717, 1.165) is 31.9 Å². The Morgan fingerprint density at radius 1 is 1.42 bits per heavy atom. The molecule has 0 radical (unpaired) electrons. The van der Waals surface area contributed by atoms with Gasteiger partial charge in [-0.2, -0.15) is 0 Å². The van der Waals surface area contributed by atoms with Crippen molar-refractivity contribution < 1.29 is 4.74 Å². The number of aryl methyl sites for hydroxylation is 1. The van der Waals surface area contributed by atoms with Crippen LogP contribution < -0.4 is 10.1 Å². The molecular formula is C15H19N3O. The average molecular weight is 257 g/mol. The predicted octanol–water partition coefficient (Wildman–Crippen LogP) is 2.52. The zero-order chi connectivity index (χ0) is 13.1. The Morgan fingerprint density at radius 3 is 3.21 bits per heavy atom. The van der Waals surface area contributed by atoms with Crippen LogP contribution in [0.15, 0.2) is 36.8 Å². The highest BCUT2D eigenvalue weighted by Crippen LogP contribution is 2.31. The molecule has 0 saturated carbocycles. The number of fused-ring (bicyclic) bond motifs is 1. The Balaban J connectivity index is 1.71. The highest BCUT2D eigenvalue weighted by Gasteiger charge is 2.20. The fourth-order valence-corrected chi connectivity index (χ4v) is 2.56. The Hall–Kier alpha value is -1.81. The second kappa shape index (κ2) is 5.45. The third-order valence-electron chi connectivity index (χ3n) is 3.63. The molecule has 1 aliphatic heterocycles. The number of ether oxygens (including phenoxy) is 1. The zero-order valence-corrected chi connectivity index (χ0v) is 11.2. The zero-order valence-electron chi connectivity index (χ0n) is 11.2. The maximum absolute atomic E-state index is 5.68. The molecule has 2 aromatic rings. The summed E-state index contributed by atoms with van der Waals surface area (Å²) in [5.74, 6) is 1.01. The SMILES string of the molecule is CCn1cncc1CNC1CCOc2ccccc21. The molecule has 100 valence electrons. The van der Waals surface area contributed by atoms with Gasteiger partial charge in [-0.3, -0.25) is 0 Å². The number of nitrogens with zero attached hydrogens (tertiary/aromatic N) is 2. The molecule has 0 aliphatic carbocycles. The van der Waals surface area contributed by atoms with E-state index in [0.29, 0.717) is 6.04 Å². The second-order valence-electron chi connectivity index (χ2n) is 4.78. The van der Waals surface area contributed by atoms with Gasteiger partial charge in [-0.25, -0.2) is 4.98 Å². The van der Waals surface area contributed by atoms with Crippen molar-refractivity contribution in [2.24, 2.45) is 0 Å². The van der Waals surface area contributed by atoms with Gasteiger partial charge in [0.2, 0.25) is 0 Å². The minimum atomic E-state index is 0.366. The van der Waals surface area contributed by atoms with Gasteiger partial charge in [0.25, 0.3) is 0 Å². The fourth-order valence-electron chi connectivity index (χ4n) is 2.56. The summed E-state index contributed by atoms with van der Waals surface area (Å²) in [5.41, 5.74) is 2.49. The van der Waals surface area contributed by atoms with Gasteiger partial charge in [-0.1, -0.05) is 18.2 Å². The van der Waals surface area contributed by atoms with Gasteiger partial charge >= 0.3 is 0 Å². The van der Waals surface area contributed by atoms with E-state index in [9.17, 15) is 0 Å². The molecule has 1 aromatic carbocycles. The molecule has 1 aromatic heterocycles. The third-order valence-corrected chi connectivity index (χ3v) is 3.63. The second-order valence-corrected chi connectivity index (χ2v) is 4.78. The molecule has 4 nitrogen and oxygen atoms in total. The lowest BCUT2D eigenvalue weighted by Crippen LogP contribution is -2.27. The topological polar surface area (TPSA) is 39.1 Å². The first kappa shape index (κ1) is 12.2. The molecule has 1 N–H and O–H groups in total. The highest BCUT2D eigenvalue weighted by molar-refractivity contribution is 5.37. The lowest BCUT2D eigenvalue weighted by atomic mass is 10.0. The molecule has 0 saturated heterocycles. The molecular weight excluding hydrogens is 238 g/mol. The Morgan fingerprint density at radius 2 is 2.32 bits per heavy atom. The first-order valence-corrected chi connectivity index (χ1v) is 6.82. The Kier molecular flexibility index (Phi) is 3.51. The molecule has 4 heteroatoms. The van der Waals surface area contributed by atoms with E-state index >= 15 is 0 Å². The summed E-state index contributed by atoms with van der Waals surface area (Å²) in [6, 6.07) is 8.64. The molecule has 19 heavy (non-hydrogen) atoms. The normalized spacial score (nSPS) is 17.8. The standard InChI is InChI=1S/C15H19N3O/c1-2-18-11-16-9-12(18)10-17-14-7-8-19-15-6-4-3-5-13(14)15/h3-6,9,11,14,17H,2,7-8,10H2,1H3. The average Bonchev–Trinajstić information content (AvgIpc) is 2.92. The van der Waals surface area contributed by atoms with E-state index < -0.39 is 0 Å². The number of imidazole rings is 1. The van der Waals surface area contributed by atoms with Crippen LogP contribution in [-0.2, 0) is 13.1 Å². The number of benzene rings is 1. The summed E-state index contributed by atoms with van der Waals surface area (Å²) in [5, 5.41) is 3.61. The molecule has 2 heterocycles. The largest absolute Gasteiger partial charge is 0.493 e. The highest BCUT2D eigenvalue weighted by atomic mass is 16.5. The Labute approximate surface area is 113 Å². The van der Waals surface area contributed by atoms with Gasteiger partial charge in [0.05, 0.1) is 18.6 Å². The van der Waals surface area contributed by atoms with Crippen LogP contribution in [0.25, 0.3) is 0 Å². The van der Waals surface area contributed by atoms with Crippen LogP contribution in [0.2, 0.25) is 0 Å². The van der Waals surface area contributed by atoms with Crippen molar-refractivity contribution in [1.29, 1.82) is 0 Å². The van der Waals surface area contributed by atoms with Gasteiger partial charge in [0, 0.05) is 37.3 Å². The van der Waals surface area contributed by atoms with Crippen molar-refractivity contribution in [3.05, 3.63) is 48.0 Å². The van der Waals surface area contributed by atoms with Crippen LogP contribution >= 0.6 is 0 Å². The molecule has 0 fully saturated rings. The summed E-state index contributed by atoms with van der Waals surface area (Å²) >= 11 is 0. The molecule has 0 amide bonds. The molecule has 3 rings (SSSR count). The fraction of sp³-hybridized carbons (Fsp3) is 0.400. The summed E-state index contributed by atoms with van der Waals surface area (Å²) in [6.07, 6.45) is 4.83. The number of para-hydroxylation sites is 1. The molecule has 0 spiro atoms. The summed E-state index contributed by atoms with van der Waals surface area (Å²) in [6.45, 7) is 4.71. The van der Waals surface area contributed by atoms with Crippen LogP contribution in [0, 0.1) is 0 Å². The van der Waals surface area contributed by atoms with E-state index in [4.69, 9.17) is 4.74 Å². The quantitative estimate of drug-likeness (QED) is 0.914. The van der Waals surface area contributed by atoms with Crippen molar-refractivity contribution >= 4 is 0 Å². The third kappa shape index (κ3) is 2.49. The predicted molar refractivity (Wildman–Crippen MR) is 74.0 cm³/mol. The first-order chi connectivity index (χ1) is 9.38. The van der Waals surface area contributed by atoms with Crippen molar-refractivity contribution in [2.45, 2.75) is 32.5 Å². The number of aromatic nitrogens is 2. The van der Waals surface area contributed by atoms with E-state index in [1.165, 1.54) is 11.3 Å². The maximum Gasteiger partial charge on any atom is 0.124 e. The lowest BCUT2D eigenvalue weighted by Gasteiger charge is -2.26. The van der Waals surface area contributed by atoms with E-state index in [1.807, 2.05) is 24.7 Å². The Bertz CT molecular complexity index is 550. The van der Waals surface area contributed by atoms with Crippen molar-refractivity contribution in [3.8, 4) is 5.75 Å². The molecule has 0 bridgehead atoms. The van der Waals surface area contributed by atoms with Crippen LogP contribution in [0.3, 0.4) is 0 Å². The van der Waals surface area contributed by atoms with Gasteiger partial charge < -0.3 is 14.6 Å². The van der Waals surface area contributed by atoms with E-state index in [2.05, 4.69) is 33.9 Å². The number of hydrogen-bond donors (Lipinski definition) is 1. The summed E-state index contributed by atoms with van der Waals surface area (Å²) < 4.78 is 7.84. The summed E-state index contributed by atoms with van der Waals surface area (Å²) in [7, 11) is 0. The number of hydrogen-bond acceptors (Lipinski definition) is 3. The van der Waals surface area contributed by atoms with Gasteiger partial charge in [0.15, 0.2) is 0 Å². The number of nitrogens with one attached hydrogen (secondary N) is 1. The monoisotopic (exact) mass is 257 g/mol. The molecule has 1 aliphatic rings. The lowest BCUT2D eigenvalue weighted by molar-refractivity contribution is 0.251. The molecule has 1 unspecified atom stereocenters. The maximum atomic E-state index is 5.68. The number of rotatable bonds is 4. The smallest absolute Gasteiger partial charge is 0.124 e. The van der Waals surface area contributed by atoms with E-state index in [1.54, 1.807) is 0 Å². The van der Waals surface area contributed by atoms with Crippen LogP contribution in [0.5, 0.6) is 5.75 Å². The van der Waals surface area contributed by atoms with Gasteiger partial charge in [-0.15, -0.1) is 0 Å². The first-order valence-electron chi connectivity index (χ1n) is 6.82. The molecule has 1 atom stereocenters. The minimum Gasteiger partial charge on any atom is -0.493 e. The van der Waals surface area contributed by atoms with Crippen LogP contribution in [-0.4, -0.2) is 16.2 Å².